The summed E-state index contributed by atoms with van der Waals surface area (Å²) >= 11 is 0. The number of anilines is 1. The predicted octanol–water partition coefficient (Wildman–Crippen LogP) is 2.07. The molecule has 0 aliphatic heterocycles. The van der Waals surface area contributed by atoms with Crippen LogP contribution in [0.3, 0.4) is 0 Å². The molecular formula is C15H12N4O2. The summed E-state index contributed by atoms with van der Waals surface area (Å²) in [7, 11) is 0. The number of aromatic amines is 1. The average molecular weight is 280 g/mol. The summed E-state index contributed by atoms with van der Waals surface area (Å²) in [5.41, 5.74) is 3.39. The number of nitrogens with one attached hydrogen (secondary N) is 2. The van der Waals surface area contributed by atoms with E-state index in [1.165, 1.54) is 0 Å². The van der Waals surface area contributed by atoms with Crippen molar-refractivity contribution in [2.45, 2.75) is 0 Å². The van der Waals surface area contributed by atoms with E-state index in [-0.39, 0.29) is 11.3 Å². The molecule has 1 aromatic heterocycles. The van der Waals surface area contributed by atoms with E-state index < -0.39 is 0 Å². The number of nitrogens with zero attached hydrogens (tertiary/aromatic N) is 2. The molecule has 0 fully saturated rings. The van der Waals surface area contributed by atoms with Crippen molar-refractivity contribution in [2.75, 3.05) is 5.43 Å². The van der Waals surface area contributed by atoms with Crippen molar-refractivity contribution in [3.63, 3.8) is 0 Å². The van der Waals surface area contributed by atoms with Crippen LogP contribution in [0.1, 0.15) is 5.56 Å². The first kappa shape index (κ1) is 12.9. The maximum atomic E-state index is 11.7. The zero-order chi connectivity index (χ0) is 14.7. The second-order valence-electron chi connectivity index (χ2n) is 4.41. The Morgan fingerprint density at radius 2 is 1.81 bits per heavy atom. The molecule has 3 aromatic rings. The van der Waals surface area contributed by atoms with E-state index in [2.05, 4.69) is 20.7 Å². The lowest BCUT2D eigenvalue weighted by molar-refractivity contribution is 0.475. The number of H-pyrrole nitrogens is 1. The van der Waals surface area contributed by atoms with Gasteiger partial charge in [0.25, 0.3) is 5.56 Å². The number of rotatable bonds is 3. The minimum atomic E-state index is -0.237. The first-order valence-electron chi connectivity index (χ1n) is 6.29. The molecule has 2 aromatic carbocycles. The van der Waals surface area contributed by atoms with Crippen LogP contribution in [0.2, 0.25) is 0 Å². The van der Waals surface area contributed by atoms with Gasteiger partial charge in [-0.25, -0.2) is 5.10 Å². The molecule has 21 heavy (non-hydrogen) atoms. The first-order chi connectivity index (χ1) is 10.2. The molecule has 0 saturated heterocycles. The number of phenols is 1. The smallest absolute Gasteiger partial charge is 0.272 e. The Morgan fingerprint density at radius 3 is 2.57 bits per heavy atom. The van der Waals surface area contributed by atoms with Crippen LogP contribution >= 0.6 is 0 Å². The standard InChI is InChI=1S/C15H12N4O2/c20-11-7-5-10(6-8-11)9-16-17-14-12-3-1-2-4-13(12)15(21)19-18-14/h1-9,20H,(H,17,18)(H,19,21)/b16-9+. The van der Waals surface area contributed by atoms with Crippen molar-refractivity contribution in [3.8, 4) is 5.75 Å². The third-order valence-electron chi connectivity index (χ3n) is 2.97. The highest BCUT2D eigenvalue weighted by Crippen LogP contribution is 2.16. The number of benzene rings is 2. The van der Waals surface area contributed by atoms with Gasteiger partial charge in [0.15, 0.2) is 5.82 Å². The van der Waals surface area contributed by atoms with Crippen molar-refractivity contribution in [1.82, 2.24) is 10.2 Å². The van der Waals surface area contributed by atoms with Gasteiger partial charge in [0.05, 0.1) is 11.6 Å². The van der Waals surface area contributed by atoms with Crippen LogP contribution < -0.4 is 11.0 Å². The molecule has 0 unspecified atom stereocenters. The third-order valence-corrected chi connectivity index (χ3v) is 2.97. The van der Waals surface area contributed by atoms with Crippen LogP contribution in [0.4, 0.5) is 5.82 Å². The normalized spacial score (nSPS) is 11.0. The van der Waals surface area contributed by atoms with Crippen LogP contribution in [0.25, 0.3) is 10.8 Å². The number of phenolic OH excluding ortho intramolecular Hbond substituents is 1. The maximum absolute atomic E-state index is 11.7. The molecule has 1 heterocycles. The summed E-state index contributed by atoms with van der Waals surface area (Å²) in [5, 5.41) is 20.9. The summed E-state index contributed by atoms with van der Waals surface area (Å²) in [6.45, 7) is 0. The van der Waals surface area contributed by atoms with Crippen LogP contribution in [0.15, 0.2) is 58.4 Å². The van der Waals surface area contributed by atoms with Crippen molar-refractivity contribution < 1.29 is 5.11 Å². The minimum absolute atomic E-state index is 0.202. The highest BCUT2D eigenvalue weighted by Gasteiger charge is 2.04. The third kappa shape index (κ3) is 2.74. The fourth-order valence-electron chi connectivity index (χ4n) is 1.93. The van der Waals surface area contributed by atoms with Gasteiger partial charge in [0.1, 0.15) is 5.75 Å². The summed E-state index contributed by atoms with van der Waals surface area (Å²) in [6, 6.07) is 13.8. The van der Waals surface area contributed by atoms with Gasteiger partial charge in [0, 0.05) is 5.39 Å². The van der Waals surface area contributed by atoms with Gasteiger partial charge < -0.3 is 5.11 Å². The van der Waals surface area contributed by atoms with E-state index in [1.54, 1.807) is 48.7 Å². The number of aromatic hydroxyl groups is 1. The molecular weight excluding hydrogens is 268 g/mol. The zero-order valence-electron chi connectivity index (χ0n) is 10.9. The topological polar surface area (TPSA) is 90.4 Å². The van der Waals surface area contributed by atoms with Gasteiger partial charge >= 0.3 is 0 Å². The number of aromatic nitrogens is 2. The second kappa shape index (κ2) is 5.46. The lowest BCUT2D eigenvalue weighted by Crippen LogP contribution is -2.10. The van der Waals surface area contributed by atoms with Gasteiger partial charge in [-0.3, -0.25) is 10.2 Å². The SMILES string of the molecule is O=c1[nH]nc(N/N=C/c2ccc(O)cc2)c2ccccc12. The maximum Gasteiger partial charge on any atom is 0.272 e. The molecule has 0 radical (unpaired) electrons. The highest BCUT2D eigenvalue weighted by atomic mass is 16.3. The van der Waals surface area contributed by atoms with E-state index in [9.17, 15) is 9.90 Å². The lowest BCUT2D eigenvalue weighted by Gasteiger charge is -2.03. The van der Waals surface area contributed by atoms with Crippen LogP contribution in [-0.2, 0) is 0 Å². The molecule has 0 aliphatic carbocycles. The van der Waals surface area contributed by atoms with Crippen molar-refractivity contribution in [3.05, 3.63) is 64.4 Å². The molecule has 3 rings (SSSR count). The van der Waals surface area contributed by atoms with Crippen molar-refractivity contribution in [1.29, 1.82) is 0 Å². The highest BCUT2D eigenvalue weighted by molar-refractivity contribution is 5.91. The average Bonchev–Trinajstić information content (AvgIpc) is 2.52. The molecule has 6 nitrogen and oxygen atoms in total. The van der Waals surface area contributed by atoms with E-state index in [0.29, 0.717) is 16.6 Å². The number of hydrazone groups is 1. The lowest BCUT2D eigenvalue weighted by atomic mass is 10.2. The summed E-state index contributed by atoms with van der Waals surface area (Å²) in [5.74, 6) is 0.675. The zero-order valence-corrected chi connectivity index (χ0v) is 10.9. The second-order valence-corrected chi connectivity index (χ2v) is 4.41. The largest absolute Gasteiger partial charge is 0.508 e. The molecule has 0 atom stereocenters. The Morgan fingerprint density at radius 1 is 1.10 bits per heavy atom. The Hall–Kier alpha value is -3.15. The fraction of sp³-hybridized carbons (Fsp3) is 0. The van der Waals surface area contributed by atoms with E-state index in [4.69, 9.17) is 0 Å². The van der Waals surface area contributed by atoms with Gasteiger partial charge in [0.2, 0.25) is 0 Å². The molecule has 0 saturated carbocycles. The molecule has 0 aliphatic rings. The van der Waals surface area contributed by atoms with Gasteiger partial charge in [-0.05, 0) is 35.9 Å². The van der Waals surface area contributed by atoms with Crippen LogP contribution in [-0.4, -0.2) is 21.5 Å². The summed E-state index contributed by atoms with van der Waals surface area (Å²) < 4.78 is 0. The fourth-order valence-corrected chi connectivity index (χ4v) is 1.93. The van der Waals surface area contributed by atoms with Gasteiger partial charge in [-0.15, -0.1) is 0 Å². The molecule has 3 N–H and O–H groups in total. The predicted molar refractivity (Wildman–Crippen MR) is 81.7 cm³/mol. The Kier molecular flexibility index (Phi) is 3.34. The Balaban J connectivity index is 1.87. The Labute approximate surface area is 119 Å². The van der Waals surface area contributed by atoms with Gasteiger partial charge in [-0.1, -0.05) is 18.2 Å². The van der Waals surface area contributed by atoms with Gasteiger partial charge in [-0.2, -0.15) is 10.2 Å². The Bertz CT molecular complexity index is 853. The van der Waals surface area contributed by atoms with Crippen molar-refractivity contribution >= 4 is 22.8 Å². The number of fused-ring (bicyclic) bond motifs is 1. The number of hydrogen-bond acceptors (Lipinski definition) is 5. The quantitative estimate of drug-likeness (QED) is 0.506. The summed E-state index contributed by atoms with van der Waals surface area (Å²) in [6.07, 6.45) is 1.60. The first-order valence-corrected chi connectivity index (χ1v) is 6.29. The van der Waals surface area contributed by atoms with Crippen LogP contribution in [0, 0.1) is 0 Å². The summed E-state index contributed by atoms with van der Waals surface area (Å²) in [4.78, 5) is 11.7. The minimum Gasteiger partial charge on any atom is -0.508 e. The molecule has 104 valence electrons. The van der Waals surface area contributed by atoms with E-state index >= 15 is 0 Å². The van der Waals surface area contributed by atoms with Crippen LogP contribution in [0.5, 0.6) is 5.75 Å². The molecule has 0 bridgehead atoms. The molecule has 6 heteroatoms. The van der Waals surface area contributed by atoms with E-state index in [1.807, 2.05) is 6.07 Å². The van der Waals surface area contributed by atoms with E-state index in [0.717, 1.165) is 5.56 Å². The van der Waals surface area contributed by atoms with Crippen molar-refractivity contribution in [2.24, 2.45) is 5.10 Å². The monoisotopic (exact) mass is 280 g/mol. The number of hydrogen-bond donors (Lipinski definition) is 3. The molecule has 0 amide bonds. The molecule has 0 spiro atoms.